The Morgan fingerprint density at radius 3 is 2.50 bits per heavy atom. The van der Waals surface area contributed by atoms with E-state index in [1.165, 1.54) is 0 Å². The minimum atomic E-state index is -0.848. The molecule has 0 heterocycles. The number of unbranched alkanes of at least 4 members (excludes halogenated alkanes) is 1. The Morgan fingerprint density at radius 2 is 1.96 bits per heavy atom. The van der Waals surface area contributed by atoms with Gasteiger partial charge in [0.25, 0.3) is 0 Å². The molecule has 0 bridgehead atoms. The van der Waals surface area contributed by atoms with Crippen LogP contribution in [0.25, 0.3) is 0 Å². The standard InChI is InChI=1S/C20H30N2O2/c1-6-7-13-22(5)19(24)20(11-12-20)18(23)21-17-15(4)9-8-10-16(17)14(2)3/h8-10,14H,6-7,11-13H2,1-5H3,(H,21,23). The summed E-state index contributed by atoms with van der Waals surface area (Å²) in [5, 5.41) is 3.07. The molecular formula is C20H30N2O2. The number of hydrogen-bond acceptors (Lipinski definition) is 2. The summed E-state index contributed by atoms with van der Waals surface area (Å²) in [6, 6.07) is 6.05. The molecule has 0 atom stereocenters. The number of amides is 2. The highest BCUT2D eigenvalue weighted by atomic mass is 16.2. The molecule has 0 unspecified atom stereocenters. The summed E-state index contributed by atoms with van der Waals surface area (Å²) in [5.41, 5.74) is 2.18. The fourth-order valence-corrected chi connectivity index (χ4v) is 3.10. The molecule has 4 heteroatoms. The minimum absolute atomic E-state index is 0.0341. The normalized spacial score (nSPS) is 15.2. The molecule has 132 valence electrons. The molecule has 24 heavy (non-hydrogen) atoms. The van der Waals surface area contributed by atoms with Gasteiger partial charge in [-0.25, -0.2) is 0 Å². The number of carbonyl (C=O) groups is 2. The molecule has 2 rings (SSSR count). The highest BCUT2D eigenvalue weighted by molar-refractivity contribution is 6.13. The van der Waals surface area contributed by atoms with Crippen LogP contribution >= 0.6 is 0 Å². The van der Waals surface area contributed by atoms with Crippen molar-refractivity contribution in [2.75, 3.05) is 18.9 Å². The molecule has 0 aliphatic heterocycles. The summed E-state index contributed by atoms with van der Waals surface area (Å²) in [4.78, 5) is 27.3. The Kier molecular flexibility index (Phi) is 5.68. The molecule has 0 spiro atoms. The molecule has 1 fully saturated rings. The first-order valence-electron chi connectivity index (χ1n) is 9.00. The summed E-state index contributed by atoms with van der Waals surface area (Å²) in [7, 11) is 1.80. The molecule has 4 nitrogen and oxygen atoms in total. The lowest BCUT2D eigenvalue weighted by Crippen LogP contribution is -2.41. The van der Waals surface area contributed by atoms with Gasteiger partial charge in [0, 0.05) is 19.3 Å². The number of rotatable bonds is 7. The largest absolute Gasteiger partial charge is 0.345 e. The van der Waals surface area contributed by atoms with Crippen LogP contribution < -0.4 is 5.32 Å². The third kappa shape index (κ3) is 3.63. The van der Waals surface area contributed by atoms with Crippen molar-refractivity contribution in [3.05, 3.63) is 29.3 Å². The van der Waals surface area contributed by atoms with Crippen LogP contribution in [0, 0.1) is 12.3 Å². The van der Waals surface area contributed by atoms with Crippen LogP contribution in [-0.2, 0) is 9.59 Å². The second kappa shape index (κ2) is 7.37. The van der Waals surface area contributed by atoms with Gasteiger partial charge in [-0.2, -0.15) is 0 Å². The fourth-order valence-electron chi connectivity index (χ4n) is 3.10. The van der Waals surface area contributed by atoms with E-state index < -0.39 is 5.41 Å². The van der Waals surface area contributed by atoms with Crippen molar-refractivity contribution < 1.29 is 9.59 Å². The highest BCUT2D eigenvalue weighted by Gasteiger charge is 2.57. The maximum atomic E-state index is 12.9. The van der Waals surface area contributed by atoms with Crippen LogP contribution in [-0.4, -0.2) is 30.3 Å². The van der Waals surface area contributed by atoms with Gasteiger partial charge in [0.15, 0.2) is 0 Å². The number of para-hydroxylation sites is 1. The Balaban J connectivity index is 2.17. The summed E-state index contributed by atoms with van der Waals surface area (Å²) >= 11 is 0. The number of benzene rings is 1. The van der Waals surface area contributed by atoms with Gasteiger partial charge in [-0.3, -0.25) is 9.59 Å². The second-order valence-corrected chi connectivity index (χ2v) is 7.31. The second-order valence-electron chi connectivity index (χ2n) is 7.31. The van der Waals surface area contributed by atoms with Gasteiger partial charge in [-0.15, -0.1) is 0 Å². The molecule has 0 aromatic heterocycles. The van der Waals surface area contributed by atoms with Crippen LogP contribution in [0.4, 0.5) is 5.69 Å². The van der Waals surface area contributed by atoms with E-state index in [4.69, 9.17) is 0 Å². The monoisotopic (exact) mass is 330 g/mol. The Labute approximate surface area is 145 Å². The molecule has 1 aliphatic rings. The van der Waals surface area contributed by atoms with Gasteiger partial charge in [-0.1, -0.05) is 45.4 Å². The predicted molar refractivity (Wildman–Crippen MR) is 98.1 cm³/mol. The molecule has 0 radical (unpaired) electrons. The van der Waals surface area contributed by atoms with E-state index in [1.54, 1.807) is 11.9 Å². The fraction of sp³-hybridized carbons (Fsp3) is 0.600. The Hall–Kier alpha value is -1.84. The van der Waals surface area contributed by atoms with Crippen LogP contribution in [0.5, 0.6) is 0 Å². The molecular weight excluding hydrogens is 300 g/mol. The minimum Gasteiger partial charge on any atom is -0.345 e. The van der Waals surface area contributed by atoms with Gasteiger partial charge in [0.1, 0.15) is 5.41 Å². The lowest BCUT2D eigenvalue weighted by Gasteiger charge is -2.24. The molecule has 2 amide bonds. The van der Waals surface area contributed by atoms with Crippen LogP contribution in [0.3, 0.4) is 0 Å². The van der Waals surface area contributed by atoms with E-state index in [2.05, 4.69) is 26.1 Å². The molecule has 1 N–H and O–H groups in total. The van der Waals surface area contributed by atoms with Crippen molar-refractivity contribution in [3.63, 3.8) is 0 Å². The molecule has 1 aromatic rings. The summed E-state index contributed by atoms with van der Waals surface area (Å²) in [6.07, 6.45) is 3.31. The molecule has 0 saturated heterocycles. The third-order valence-electron chi connectivity index (χ3n) is 4.95. The van der Waals surface area contributed by atoms with E-state index >= 15 is 0 Å². The molecule has 1 aromatic carbocycles. The first-order chi connectivity index (χ1) is 11.3. The Bertz CT molecular complexity index is 618. The van der Waals surface area contributed by atoms with Crippen molar-refractivity contribution in [1.29, 1.82) is 0 Å². The predicted octanol–water partition coefficient (Wildman–Crippen LogP) is 4.10. The zero-order chi connectivity index (χ0) is 17.9. The van der Waals surface area contributed by atoms with E-state index in [1.807, 2.05) is 25.1 Å². The lowest BCUT2D eigenvalue weighted by molar-refractivity contribution is -0.141. The Morgan fingerprint density at radius 1 is 1.29 bits per heavy atom. The van der Waals surface area contributed by atoms with Gasteiger partial charge >= 0.3 is 0 Å². The molecule has 1 aliphatic carbocycles. The summed E-state index contributed by atoms with van der Waals surface area (Å²) < 4.78 is 0. The quantitative estimate of drug-likeness (QED) is 0.765. The van der Waals surface area contributed by atoms with Crippen molar-refractivity contribution >= 4 is 17.5 Å². The average Bonchev–Trinajstić information content (AvgIpc) is 3.35. The van der Waals surface area contributed by atoms with Gasteiger partial charge in [0.2, 0.25) is 11.8 Å². The van der Waals surface area contributed by atoms with Gasteiger partial charge in [0.05, 0.1) is 0 Å². The van der Waals surface area contributed by atoms with E-state index in [0.29, 0.717) is 25.3 Å². The van der Waals surface area contributed by atoms with Crippen LogP contribution in [0.1, 0.15) is 63.5 Å². The number of carbonyl (C=O) groups excluding carboxylic acids is 2. The molecule has 1 saturated carbocycles. The van der Waals surface area contributed by atoms with Crippen LogP contribution in [0.15, 0.2) is 18.2 Å². The average molecular weight is 330 g/mol. The van der Waals surface area contributed by atoms with Crippen molar-refractivity contribution in [2.24, 2.45) is 5.41 Å². The zero-order valence-electron chi connectivity index (χ0n) is 15.6. The number of hydrogen-bond donors (Lipinski definition) is 1. The van der Waals surface area contributed by atoms with Gasteiger partial charge < -0.3 is 10.2 Å². The summed E-state index contributed by atoms with van der Waals surface area (Å²) in [5.74, 6) is 0.137. The van der Waals surface area contributed by atoms with E-state index in [0.717, 1.165) is 29.7 Å². The van der Waals surface area contributed by atoms with E-state index in [9.17, 15) is 9.59 Å². The topological polar surface area (TPSA) is 49.4 Å². The number of aryl methyl sites for hydroxylation is 1. The first-order valence-corrected chi connectivity index (χ1v) is 9.00. The highest BCUT2D eigenvalue weighted by Crippen LogP contribution is 2.48. The van der Waals surface area contributed by atoms with E-state index in [-0.39, 0.29) is 11.8 Å². The number of nitrogens with one attached hydrogen (secondary N) is 1. The third-order valence-corrected chi connectivity index (χ3v) is 4.95. The number of nitrogens with zero attached hydrogens (tertiary/aromatic N) is 1. The SMILES string of the molecule is CCCCN(C)C(=O)C1(C(=O)Nc2c(C)cccc2C(C)C)CC1. The smallest absolute Gasteiger partial charge is 0.240 e. The van der Waals surface area contributed by atoms with Crippen molar-refractivity contribution in [1.82, 2.24) is 4.90 Å². The lowest BCUT2D eigenvalue weighted by atomic mass is 9.97. The number of anilines is 1. The first kappa shape index (κ1) is 18.5. The maximum absolute atomic E-state index is 12.9. The van der Waals surface area contributed by atoms with Crippen molar-refractivity contribution in [2.45, 2.75) is 59.3 Å². The maximum Gasteiger partial charge on any atom is 0.240 e. The van der Waals surface area contributed by atoms with Crippen molar-refractivity contribution in [3.8, 4) is 0 Å². The summed E-state index contributed by atoms with van der Waals surface area (Å²) in [6.45, 7) is 9.04. The van der Waals surface area contributed by atoms with Gasteiger partial charge in [-0.05, 0) is 43.2 Å². The van der Waals surface area contributed by atoms with Crippen LogP contribution in [0.2, 0.25) is 0 Å². The zero-order valence-corrected chi connectivity index (χ0v) is 15.6.